The Morgan fingerprint density at radius 1 is 1.08 bits per heavy atom. The first-order valence-corrected chi connectivity index (χ1v) is 9.85. The van der Waals surface area contributed by atoms with Crippen molar-refractivity contribution in [2.24, 2.45) is 5.92 Å². The number of aliphatic hydroxyl groups is 1. The Hall–Kier alpha value is -1.02. The van der Waals surface area contributed by atoms with Gasteiger partial charge in [-0.25, -0.2) is 0 Å². The molecule has 1 aliphatic rings. The Balaban J connectivity index is 2.08. The molecule has 0 aromatic heterocycles. The van der Waals surface area contributed by atoms with E-state index in [9.17, 15) is 10.2 Å². The molecule has 0 unspecified atom stereocenters. The van der Waals surface area contributed by atoms with Gasteiger partial charge in [0.25, 0.3) is 0 Å². The molecule has 1 aromatic rings. The zero-order valence-corrected chi connectivity index (χ0v) is 16.0. The fourth-order valence-electron chi connectivity index (χ4n) is 4.27. The predicted molar refractivity (Wildman–Crippen MR) is 102 cm³/mol. The predicted octanol–water partition coefficient (Wildman–Crippen LogP) is 5.90. The summed E-state index contributed by atoms with van der Waals surface area (Å²) in [5.74, 6) is 1.22. The summed E-state index contributed by atoms with van der Waals surface area (Å²) in [5.41, 5.74) is 2.35. The van der Waals surface area contributed by atoms with Crippen LogP contribution in [0.2, 0.25) is 0 Å². The minimum atomic E-state index is -0.229. The van der Waals surface area contributed by atoms with Gasteiger partial charge in [-0.05, 0) is 60.1 Å². The molecule has 0 saturated heterocycles. The lowest BCUT2D eigenvalue weighted by molar-refractivity contribution is 0.0940. The molecule has 0 aliphatic heterocycles. The van der Waals surface area contributed by atoms with E-state index in [0.717, 1.165) is 31.2 Å². The van der Waals surface area contributed by atoms with E-state index in [4.69, 9.17) is 0 Å². The number of hydrogen-bond donors (Lipinski definition) is 2. The molecule has 1 fully saturated rings. The van der Waals surface area contributed by atoms with Crippen LogP contribution in [0.1, 0.15) is 96.1 Å². The molecule has 2 rings (SSSR count). The van der Waals surface area contributed by atoms with Gasteiger partial charge < -0.3 is 10.2 Å². The van der Waals surface area contributed by atoms with E-state index in [2.05, 4.69) is 39.8 Å². The molecule has 0 heterocycles. The maximum atomic E-state index is 10.6. The van der Waals surface area contributed by atoms with E-state index >= 15 is 0 Å². The minimum absolute atomic E-state index is 0.100. The van der Waals surface area contributed by atoms with Crippen molar-refractivity contribution in [2.75, 3.05) is 0 Å². The summed E-state index contributed by atoms with van der Waals surface area (Å²) in [6.07, 6.45) is 8.77. The Bertz CT molecular complexity index is 511. The number of hydrogen-bond acceptors (Lipinski definition) is 2. The van der Waals surface area contributed by atoms with Gasteiger partial charge in [-0.2, -0.15) is 0 Å². The van der Waals surface area contributed by atoms with Crippen molar-refractivity contribution in [1.29, 1.82) is 0 Å². The number of aromatic hydroxyl groups is 1. The lowest BCUT2D eigenvalue weighted by Crippen LogP contribution is -2.24. The van der Waals surface area contributed by atoms with E-state index < -0.39 is 0 Å². The smallest absolute Gasteiger partial charge is 0.119 e. The summed E-state index contributed by atoms with van der Waals surface area (Å²) in [7, 11) is 0. The molecule has 0 amide bonds. The highest BCUT2D eigenvalue weighted by atomic mass is 16.3. The average Bonchev–Trinajstić information content (AvgIpc) is 2.50. The van der Waals surface area contributed by atoms with Crippen molar-refractivity contribution in [3.8, 4) is 5.75 Å². The summed E-state index contributed by atoms with van der Waals surface area (Å²) >= 11 is 0. The second kappa shape index (κ2) is 8.38. The number of phenolic OH excluding ortho intramolecular Hbond substituents is 1. The summed E-state index contributed by atoms with van der Waals surface area (Å²) in [6, 6.07) is 6.27. The van der Waals surface area contributed by atoms with Crippen molar-refractivity contribution in [3.63, 3.8) is 0 Å². The molecule has 0 bridgehead atoms. The monoisotopic (exact) mass is 332 g/mol. The molecule has 136 valence electrons. The Labute approximate surface area is 148 Å². The zero-order chi connectivity index (χ0) is 17.7. The number of phenols is 1. The highest BCUT2D eigenvalue weighted by molar-refractivity contribution is 5.41. The third kappa shape index (κ3) is 4.99. The third-order valence-electron chi connectivity index (χ3n) is 5.82. The SMILES string of the molecule is CCCCCCC(C)(C)c1ccc([C@@H]2C[C@H](C)C[C@@H](O)C2)c(O)c1. The van der Waals surface area contributed by atoms with Crippen LogP contribution in [0.5, 0.6) is 5.75 Å². The van der Waals surface area contributed by atoms with Gasteiger partial charge in [-0.15, -0.1) is 0 Å². The Morgan fingerprint density at radius 3 is 2.46 bits per heavy atom. The lowest BCUT2D eigenvalue weighted by Gasteiger charge is -2.32. The zero-order valence-electron chi connectivity index (χ0n) is 16.0. The molecule has 1 saturated carbocycles. The van der Waals surface area contributed by atoms with Gasteiger partial charge in [0.15, 0.2) is 0 Å². The van der Waals surface area contributed by atoms with E-state index in [1.807, 2.05) is 6.07 Å². The van der Waals surface area contributed by atoms with E-state index in [1.165, 1.54) is 31.2 Å². The van der Waals surface area contributed by atoms with E-state index in [0.29, 0.717) is 11.7 Å². The molecule has 0 spiro atoms. The molecular formula is C22H36O2. The van der Waals surface area contributed by atoms with Gasteiger partial charge in [-0.1, -0.05) is 65.5 Å². The van der Waals surface area contributed by atoms with Gasteiger partial charge in [0, 0.05) is 0 Å². The van der Waals surface area contributed by atoms with Gasteiger partial charge >= 0.3 is 0 Å². The summed E-state index contributed by atoms with van der Waals surface area (Å²) in [4.78, 5) is 0. The van der Waals surface area contributed by atoms with Crippen LogP contribution in [-0.4, -0.2) is 16.3 Å². The first-order valence-electron chi connectivity index (χ1n) is 9.85. The number of unbranched alkanes of at least 4 members (excludes halogenated alkanes) is 3. The number of benzene rings is 1. The minimum Gasteiger partial charge on any atom is -0.508 e. The number of rotatable bonds is 7. The Kier molecular flexibility index (Phi) is 6.74. The highest BCUT2D eigenvalue weighted by Gasteiger charge is 2.29. The van der Waals surface area contributed by atoms with Crippen LogP contribution in [-0.2, 0) is 5.41 Å². The standard InChI is InChI=1S/C22H36O2/c1-5-6-7-8-11-22(3,4)18-9-10-20(21(24)15-18)17-12-16(2)13-19(23)14-17/h9-10,15-17,19,23-24H,5-8,11-14H2,1-4H3/t16-,17+,19+/m0/s1. The second-order valence-corrected chi connectivity index (χ2v) is 8.63. The van der Waals surface area contributed by atoms with Crippen LogP contribution in [0, 0.1) is 5.92 Å². The quantitative estimate of drug-likeness (QED) is 0.610. The van der Waals surface area contributed by atoms with E-state index in [1.54, 1.807) is 0 Å². The van der Waals surface area contributed by atoms with E-state index in [-0.39, 0.29) is 17.4 Å². The molecule has 24 heavy (non-hydrogen) atoms. The summed E-state index contributed by atoms with van der Waals surface area (Å²) < 4.78 is 0. The molecule has 2 heteroatoms. The maximum Gasteiger partial charge on any atom is 0.119 e. The lowest BCUT2D eigenvalue weighted by atomic mass is 9.75. The van der Waals surface area contributed by atoms with Crippen molar-refractivity contribution in [3.05, 3.63) is 29.3 Å². The van der Waals surface area contributed by atoms with Gasteiger partial charge in [0.05, 0.1) is 6.10 Å². The largest absolute Gasteiger partial charge is 0.508 e. The van der Waals surface area contributed by atoms with Crippen LogP contribution >= 0.6 is 0 Å². The second-order valence-electron chi connectivity index (χ2n) is 8.63. The molecule has 1 aromatic carbocycles. The van der Waals surface area contributed by atoms with Crippen LogP contribution in [0.25, 0.3) is 0 Å². The fraction of sp³-hybridized carbons (Fsp3) is 0.727. The van der Waals surface area contributed by atoms with Crippen molar-refractivity contribution < 1.29 is 10.2 Å². The highest BCUT2D eigenvalue weighted by Crippen LogP contribution is 2.41. The number of aliphatic hydroxyl groups excluding tert-OH is 1. The van der Waals surface area contributed by atoms with Crippen LogP contribution in [0.3, 0.4) is 0 Å². The molecular weight excluding hydrogens is 296 g/mol. The van der Waals surface area contributed by atoms with Gasteiger partial charge in [0.1, 0.15) is 5.75 Å². The van der Waals surface area contributed by atoms with Gasteiger partial charge in [0.2, 0.25) is 0 Å². The first kappa shape index (κ1) is 19.3. The fourth-order valence-corrected chi connectivity index (χ4v) is 4.27. The first-order chi connectivity index (χ1) is 11.3. The Morgan fingerprint density at radius 2 is 1.83 bits per heavy atom. The summed E-state index contributed by atoms with van der Waals surface area (Å²) in [6.45, 7) is 8.99. The molecule has 1 aliphatic carbocycles. The maximum absolute atomic E-state index is 10.6. The van der Waals surface area contributed by atoms with Crippen molar-refractivity contribution in [2.45, 2.75) is 96.5 Å². The topological polar surface area (TPSA) is 40.5 Å². The molecule has 2 nitrogen and oxygen atoms in total. The molecule has 0 radical (unpaired) electrons. The molecule has 3 atom stereocenters. The average molecular weight is 333 g/mol. The van der Waals surface area contributed by atoms with Crippen molar-refractivity contribution >= 4 is 0 Å². The van der Waals surface area contributed by atoms with Crippen molar-refractivity contribution in [1.82, 2.24) is 0 Å². The van der Waals surface area contributed by atoms with Crippen LogP contribution < -0.4 is 0 Å². The normalized spacial score (nSPS) is 25.0. The molecule has 2 N–H and O–H groups in total. The third-order valence-corrected chi connectivity index (χ3v) is 5.82. The van der Waals surface area contributed by atoms with Gasteiger partial charge in [-0.3, -0.25) is 0 Å². The van der Waals surface area contributed by atoms with Crippen LogP contribution in [0.4, 0.5) is 0 Å². The summed E-state index contributed by atoms with van der Waals surface area (Å²) in [5, 5.41) is 20.7. The van der Waals surface area contributed by atoms with Crippen LogP contribution in [0.15, 0.2) is 18.2 Å².